The largest absolute Gasteiger partial charge is 0.492 e. The Morgan fingerprint density at radius 2 is 2.18 bits per heavy atom. The van der Waals surface area contributed by atoms with Crippen molar-refractivity contribution in [3.8, 4) is 5.75 Å². The fourth-order valence-corrected chi connectivity index (χ4v) is 2.68. The third-order valence-electron chi connectivity index (χ3n) is 3.66. The number of halogens is 1. The summed E-state index contributed by atoms with van der Waals surface area (Å²) in [6.07, 6.45) is 3.91. The van der Waals surface area contributed by atoms with Crippen molar-refractivity contribution in [2.45, 2.75) is 25.2 Å². The third kappa shape index (κ3) is 2.83. The Labute approximate surface area is 111 Å². The van der Waals surface area contributed by atoms with Crippen LogP contribution in [-0.4, -0.2) is 19.7 Å². The van der Waals surface area contributed by atoms with Crippen molar-refractivity contribution in [1.82, 2.24) is 5.32 Å². The molecule has 17 heavy (non-hydrogen) atoms. The van der Waals surface area contributed by atoms with Crippen LogP contribution >= 0.6 is 15.9 Å². The zero-order chi connectivity index (χ0) is 11.7. The van der Waals surface area contributed by atoms with E-state index in [0.29, 0.717) is 5.92 Å². The van der Waals surface area contributed by atoms with Crippen molar-refractivity contribution in [3.63, 3.8) is 0 Å². The van der Waals surface area contributed by atoms with E-state index in [1.54, 1.807) is 0 Å². The summed E-state index contributed by atoms with van der Waals surface area (Å²) in [6, 6.07) is 6.55. The zero-order valence-electron chi connectivity index (χ0n) is 9.92. The Bertz CT molecular complexity index is 397. The molecule has 1 saturated carbocycles. The van der Waals surface area contributed by atoms with Gasteiger partial charge in [-0.1, -0.05) is 6.07 Å². The molecule has 0 aromatic heterocycles. The Balaban J connectivity index is 1.73. The first-order valence-electron chi connectivity index (χ1n) is 6.46. The molecule has 3 rings (SSSR count). The predicted molar refractivity (Wildman–Crippen MR) is 72.6 cm³/mol. The zero-order valence-corrected chi connectivity index (χ0v) is 11.5. The van der Waals surface area contributed by atoms with Gasteiger partial charge in [0.15, 0.2) is 0 Å². The second kappa shape index (κ2) is 4.99. The van der Waals surface area contributed by atoms with Crippen LogP contribution in [-0.2, 0) is 0 Å². The van der Waals surface area contributed by atoms with Gasteiger partial charge in [0.2, 0.25) is 0 Å². The number of benzene rings is 1. The highest BCUT2D eigenvalue weighted by Gasteiger charge is 2.23. The van der Waals surface area contributed by atoms with E-state index in [2.05, 4.69) is 39.4 Å². The lowest BCUT2D eigenvalue weighted by molar-refractivity contribution is 0.297. The summed E-state index contributed by atoms with van der Waals surface area (Å²) in [5, 5.41) is 3.41. The Kier molecular flexibility index (Phi) is 3.39. The summed E-state index contributed by atoms with van der Waals surface area (Å²) in [6.45, 7) is 3.12. The average molecular weight is 296 g/mol. The lowest BCUT2D eigenvalue weighted by Crippen LogP contribution is -2.08. The van der Waals surface area contributed by atoms with Crippen molar-refractivity contribution in [2.24, 2.45) is 5.92 Å². The van der Waals surface area contributed by atoms with E-state index < -0.39 is 0 Å². The molecule has 1 N–H and O–H groups in total. The van der Waals surface area contributed by atoms with Gasteiger partial charge in [-0.15, -0.1) is 0 Å². The van der Waals surface area contributed by atoms with E-state index in [1.807, 2.05) is 0 Å². The third-order valence-corrected chi connectivity index (χ3v) is 4.31. The minimum atomic E-state index is 0.659. The maximum Gasteiger partial charge on any atom is 0.133 e. The molecule has 92 valence electrons. The maximum absolute atomic E-state index is 5.89. The molecule has 0 amide bonds. The Morgan fingerprint density at radius 3 is 2.88 bits per heavy atom. The minimum absolute atomic E-state index is 0.659. The lowest BCUT2D eigenvalue weighted by Gasteiger charge is -2.13. The van der Waals surface area contributed by atoms with Gasteiger partial charge >= 0.3 is 0 Å². The quantitative estimate of drug-likeness (QED) is 0.920. The second-order valence-electron chi connectivity index (χ2n) is 5.13. The molecule has 1 heterocycles. The molecule has 1 saturated heterocycles. The highest BCUT2D eigenvalue weighted by atomic mass is 79.9. The number of hydrogen-bond acceptors (Lipinski definition) is 2. The van der Waals surface area contributed by atoms with E-state index in [1.165, 1.54) is 24.8 Å². The SMILES string of the molecule is Brc1ccc(C2CCNC2)cc1OCC1CC1. The minimum Gasteiger partial charge on any atom is -0.492 e. The molecule has 1 atom stereocenters. The monoisotopic (exact) mass is 295 g/mol. The number of nitrogens with one attached hydrogen (secondary N) is 1. The van der Waals surface area contributed by atoms with E-state index in [0.717, 1.165) is 35.8 Å². The van der Waals surface area contributed by atoms with Gasteiger partial charge in [0.05, 0.1) is 11.1 Å². The molecule has 0 radical (unpaired) electrons. The highest BCUT2D eigenvalue weighted by Crippen LogP contribution is 2.34. The van der Waals surface area contributed by atoms with Crippen LogP contribution in [0.15, 0.2) is 22.7 Å². The van der Waals surface area contributed by atoms with E-state index in [-0.39, 0.29) is 0 Å². The van der Waals surface area contributed by atoms with E-state index >= 15 is 0 Å². The molecule has 0 spiro atoms. The van der Waals surface area contributed by atoms with Crippen molar-refractivity contribution < 1.29 is 4.74 Å². The summed E-state index contributed by atoms with van der Waals surface area (Å²) < 4.78 is 6.97. The van der Waals surface area contributed by atoms with Gasteiger partial charge < -0.3 is 10.1 Å². The first-order valence-corrected chi connectivity index (χ1v) is 7.25. The molecular weight excluding hydrogens is 278 g/mol. The summed E-state index contributed by atoms with van der Waals surface area (Å²) >= 11 is 3.57. The molecular formula is C14H18BrNO. The molecule has 0 bridgehead atoms. The van der Waals surface area contributed by atoms with Crippen LogP contribution in [0.3, 0.4) is 0 Å². The lowest BCUT2D eigenvalue weighted by atomic mass is 9.98. The summed E-state index contributed by atoms with van der Waals surface area (Å²) in [5.41, 5.74) is 1.41. The van der Waals surface area contributed by atoms with Crippen molar-refractivity contribution in [2.75, 3.05) is 19.7 Å². The van der Waals surface area contributed by atoms with E-state index in [4.69, 9.17) is 4.74 Å². The number of hydrogen-bond donors (Lipinski definition) is 1. The fraction of sp³-hybridized carbons (Fsp3) is 0.571. The molecule has 1 unspecified atom stereocenters. The molecule has 1 aromatic carbocycles. The number of ether oxygens (including phenoxy) is 1. The van der Waals surface area contributed by atoms with E-state index in [9.17, 15) is 0 Å². The van der Waals surface area contributed by atoms with Crippen LogP contribution < -0.4 is 10.1 Å². The Morgan fingerprint density at radius 1 is 1.29 bits per heavy atom. The smallest absolute Gasteiger partial charge is 0.133 e. The van der Waals surface area contributed by atoms with Crippen molar-refractivity contribution >= 4 is 15.9 Å². The van der Waals surface area contributed by atoms with Crippen LogP contribution in [0.2, 0.25) is 0 Å². The van der Waals surface area contributed by atoms with Crippen LogP contribution in [0.25, 0.3) is 0 Å². The van der Waals surface area contributed by atoms with Crippen molar-refractivity contribution in [3.05, 3.63) is 28.2 Å². The Hall–Kier alpha value is -0.540. The van der Waals surface area contributed by atoms with Gasteiger partial charge in [0.1, 0.15) is 5.75 Å². The first kappa shape index (κ1) is 11.5. The van der Waals surface area contributed by atoms with Gasteiger partial charge in [0.25, 0.3) is 0 Å². The van der Waals surface area contributed by atoms with Gasteiger partial charge in [0, 0.05) is 6.54 Å². The summed E-state index contributed by atoms with van der Waals surface area (Å²) in [4.78, 5) is 0. The molecule has 2 nitrogen and oxygen atoms in total. The van der Waals surface area contributed by atoms with Gasteiger partial charge in [-0.2, -0.15) is 0 Å². The van der Waals surface area contributed by atoms with Gasteiger partial charge in [-0.05, 0) is 71.3 Å². The fourth-order valence-electron chi connectivity index (χ4n) is 2.32. The number of rotatable bonds is 4. The molecule has 2 aliphatic rings. The normalized spacial score (nSPS) is 23.9. The summed E-state index contributed by atoms with van der Waals surface area (Å²) in [7, 11) is 0. The highest BCUT2D eigenvalue weighted by molar-refractivity contribution is 9.10. The average Bonchev–Trinajstić information content (AvgIpc) is 3.00. The van der Waals surface area contributed by atoms with Crippen LogP contribution in [0.1, 0.15) is 30.7 Å². The van der Waals surface area contributed by atoms with Crippen LogP contribution in [0, 0.1) is 5.92 Å². The maximum atomic E-state index is 5.89. The molecule has 3 heteroatoms. The first-order chi connectivity index (χ1) is 8.33. The molecule has 1 aliphatic carbocycles. The summed E-state index contributed by atoms with van der Waals surface area (Å²) in [5.74, 6) is 2.48. The van der Waals surface area contributed by atoms with Crippen molar-refractivity contribution in [1.29, 1.82) is 0 Å². The second-order valence-corrected chi connectivity index (χ2v) is 5.99. The van der Waals surface area contributed by atoms with Gasteiger partial charge in [-0.3, -0.25) is 0 Å². The topological polar surface area (TPSA) is 21.3 Å². The molecule has 1 aromatic rings. The standard InChI is InChI=1S/C14H18BrNO/c15-13-4-3-11(12-5-6-16-8-12)7-14(13)17-9-10-1-2-10/h3-4,7,10,12,16H,1-2,5-6,8-9H2. The predicted octanol–water partition coefficient (Wildman–Crippen LogP) is 3.31. The van der Waals surface area contributed by atoms with Gasteiger partial charge in [-0.25, -0.2) is 0 Å². The molecule has 2 fully saturated rings. The molecule has 1 aliphatic heterocycles. The van der Waals surface area contributed by atoms with Crippen LogP contribution in [0.4, 0.5) is 0 Å². The van der Waals surface area contributed by atoms with Crippen LogP contribution in [0.5, 0.6) is 5.75 Å².